The lowest BCUT2D eigenvalue weighted by molar-refractivity contribution is 0.280. The number of pyridine rings is 3. The maximum Gasteiger partial charge on any atom is 0.119 e. The highest BCUT2D eigenvalue weighted by Crippen LogP contribution is 2.29. The minimum absolute atomic E-state index is 0. The number of aliphatic hydroxyl groups excluding tert-OH is 2. The van der Waals surface area contributed by atoms with Crippen molar-refractivity contribution < 1.29 is 24.8 Å². The van der Waals surface area contributed by atoms with Crippen molar-refractivity contribution in [2.45, 2.75) is 37.6 Å². The second kappa shape index (κ2) is 29.4. The molecule has 8 nitrogen and oxygen atoms in total. The van der Waals surface area contributed by atoms with E-state index in [2.05, 4.69) is 107 Å². The molecular weight excluding hydrogens is 1080 g/mol. The van der Waals surface area contributed by atoms with E-state index in [1.54, 1.807) is 24.3 Å². The topological polar surface area (TPSA) is 118 Å². The molecule has 0 spiro atoms. The first-order valence-electron chi connectivity index (χ1n) is 25.7. The first-order valence-corrected chi connectivity index (χ1v) is 27.4. The molecule has 0 atom stereocenters. The molecule has 0 saturated heterocycles. The zero-order valence-corrected chi connectivity index (χ0v) is 46.2. The smallest absolute Gasteiger partial charge is 0.119 e. The maximum atomic E-state index is 9.15. The fourth-order valence-corrected chi connectivity index (χ4v) is 9.25. The molecule has 80 heavy (non-hydrogen) atoms. The van der Waals surface area contributed by atoms with Crippen LogP contribution in [0.25, 0.3) is 66.5 Å². The molecule has 0 fully saturated rings. The number of ether oxygens (including phenoxy) is 2. The Hall–Kier alpha value is -8.64. The molecule has 0 aliphatic heterocycles. The molecule has 3 N–H and O–H groups in total. The Kier molecular flexibility index (Phi) is 21.1. The predicted molar refractivity (Wildman–Crippen MR) is 331 cm³/mol. The molecular formula is C69H57BBrClN3O5. The van der Waals surface area contributed by atoms with E-state index in [-0.39, 0.29) is 27.4 Å². The first kappa shape index (κ1) is 57.5. The highest BCUT2D eigenvalue weighted by atomic mass is 79.9. The number of aromatic hydroxyl groups is 1. The predicted octanol–water partition coefficient (Wildman–Crippen LogP) is 16.5. The summed E-state index contributed by atoms with van der Waals surface area (Å²) in [6, 6.07) is 83.5. The molecule has 3 aromatic heterocycles. The van der Waals surface area contributed by atoms with E-state index >= 15 is 0 Å². The number of benzene rings is 9. The summed E-state index contributed by atoms with van der Waals surface area (Å²) in [4.78, 5) is 14.3. The summed E-state index contributed by atoms with van der Waals surface area (Å²) in [5, 5.41) is 30.7. The quantitative estimate of drug-likeness (QED) is 0.0772. The van der Waals surface area contributed by atoms with Gasteiger partial charge in [-0.2, -0.15) is 0 Å². The van der Waals surface area contributed by atoms with E-state index in [1.807, 2.05) is 140 Å². The molecule has 12 aromatic rings. The van der Waals surface area contributed by atoms with Gasteiger partial charge in [-0.05, 0) is 95.1 Å². The third-order valence-corrected chi connectivity index (χ3v) is 13.8. The fourth-order valence-electron chi connectivity index (χ4n) is 8.65. The van der Waals surface area contributed by atoms with Gasteiger partial charge in [0.25, 0.3) is 0 Å². The Balaban J connectivity index is 0.000000147. The van der Waals surface area contributed by atoms with Crippen LogP contribution < -0.4 is 9.47 Å². The number of aromatic nitrogens is 3. The van der Waals surface area contributed by atoms with Crippen LogP contribution in [-0.4, -0.2) is 38.7 Å². The summed E-state index contributed by atoms with van der Waals surface area (Å²) < 4.78 is 12.0. The van der Waals surface area contributed by atoms with Crippen molar-refractivity contribution >= 4 is 68.7 Å². The van der Waals surface area contributed by atoms with Crippen LogP contribution in [0.1, 0.15) is 33.4 Å². The van der Waals surface area contributed by atoms with Gasteiger partial charge >= 0.3 is 0 Å². The minimum Gasteiger partial charge on any atom is -0.508 e. The van der Waals surface area contributed by atoms with Gasteiger partial charge in [0, 0.05) is 63.6 Å². The molecule has 12 rings (SSSR count). The number of fused-ring (bicyclic) bond motifs is 3. The van der Waals surface area contributed by atoms with Crippen LogP contribution in [0, 0.1) is 0 Å². The van der Waals surface area contributed by atoms with Crippen LogP contribution in [0.15, 0.2) is 255 Å². The summed E-state index contributed by atoms with van der Waals surface area (Å²) in [5.41, 5.74) is 15.4. The SMILES string of the molecule is BrCc1ccc(OCc2cc(-c3ccccc3)nc3ccccc23)cc1.ClCc1cc(-c2ccccc2)nc2ccccc12.OCc1ccc(O)cc1.OCc1ccc(OCc2cc(-c3ccccc3)nc3ccccc23)cc1.[B]. The molecule has 0 bridgehead atoms. The Morgan fingerprint density at radius 2 is 0.688 bits per heavy atom. The lowest BCUT2D eigenvalue weighted by atomic mass is 10.0. The first-order chi connectivity index (χ1) is 38.9. The second-order valence-electron chi connectivity index (χ2n) is 18.3. The monoisotopic (exact) mass is 1130 g/mol. The summed E-state index contributed by atoms with van der Waals surface area (Å²) in [6.07, 6.45) is 0. The maximum absolute atomic E-state index is 9.15. The number of phenols is 1. The van der Waals surface area contributed by atoms with Gasteiger partial charge in [-0.25, -0.2) is 15.0 Å². The lowest BCUT2D eigenvalue weighted by Gasteiger charge is -2.12. The standard InChI is InChI=1S/C23H18BrNO.C23H19NO2.C16H12ClN.C7H8O2.B/c24-15-17-10-12-20(13-11-17)26-16-19-14-23(18-6-2-1-3-7-18)25-22-9-5-4-8-21(19)22;25-15-17-10-12-20(13-11-17)26-16-19-14-23(18-6-2-1-3-7-18)24-22-9-5-4-8-21(19)22;17-11-13-10-16(12-6-2-1-3-7-12)18-15-9-5-4-8-14(13)15;8-5-6-1-3-7(9)4-2-6;/h1-14H,15-16H2;1-14,25H,15-16H2;1-10H,11H2;1-4,8-9H,5H2;. The van der Waals surface area contributed by atoms with E-state index in [1.165, 1.54) is 5.56 Å². The van der Waals surface area contributed by atoms with Crippen molar-refractivity contribution in [3.63, 3.8) is 0 Å². The minimum atomic E-state index is 0. The van der Waals surface area contributed by atoms with Crippen molar-refractivity contribution in [3.05, 3.63) is 288 Å². The Morgan fingerprint density at radius 1 is 0.375 bits per heavy atom. The fraction of sp³-hybridized carbons (Fsp3) is 0.0870. The van der Waals surface area contributed by atoms with Crippen molar-refractivity contribution in [2.24, 2.45) is 0 Å². The third kappa shape index (κ3) is 15.6. The number of nitrogens with zero attached hydrogens (tertiary/aromatic N) is 3. The van der Waals surface area contributed by atoms with Crippen LogP contribution in [0.3, 0.4) is 0 Å². The molecule has 11 heteroatoms. The average molecular weight is 1130 g/mol. The number of hydrogen-bond acceptors (Lipinski definition) is 8. The van der Waals surface area contributed by atoms with Crippen LogP contribution in [0.5, 0.6) is 17.2 Å². The van der Waals surface area contributed by atoms with Gasteiger partial charge in [0.15, 0.2) is 0 Å². The Bertz CT molecular complexity index is 3670. The highest BCUT2D eigenvalue weighted by Gasteiger charge is 2.11. The van der Waals surface area contributed by atoms with Crippen LogP contribution in [0.2, 0.25) is 0 Å². The molecule has 9 aromatic carbocycles. The number of hydrogen-bond donors (Lipinski definition) is 3. The summed E-state index contributed by atoms with van der Waals surface area (Å²) in [5.74, 6) is 2.39. The van der Waals surface area contributed by atoms with Gasteiger partial charge in [0.05, 0.1) is 46.8 Å². The highest BCUT2D eigenvalue weighted by molar-refractivity contribution is 9.08. The number of rotatable bonds is 13. The van der Waals surface area contributed by atoms with Gasteiger partial charge < -0.3 is 24.8 Å². The van der Waals surface area contributed by atoms with Crippen molar-refractivity contribution in [3.8, 4) is 51.0 Å². The number of para-hydroxylation sites is 3. The Morgan fingerprint density at radius 3 is 1.04 bits per heavy atom. The second-order valence-corrected chi connectivity index (χ2v) is 19.1. The molecule has 0 aliphatic carbocycles. The molecule has 395 valence electrons. The van der Waals surface area contributed by atoms with Crippen LogP contribution in [0.4, 0.5) is 0 Å². The van der Waals surface area contributed by atoms with Gasteiger partial charge in [0.2, 0.25) is 0 Å². The van der Waals surface area contributed by atoms with E-state index in [9.17, 15) is 0 Å². The zero-order valence-electron chi connectivity index (χ0n) is 43.8. The molecule has 0 saturated carbocycles. The van der Waals surface area contributed by atoms with E-state index in [0.29, 0.717) is 19.1 Å². The van der Waals surface area contributed by atoms with Gasteiger partial charge in [-0.3, -0.25) is 0 Å². The molecule has 3 heterocycles. The molecule has 0 unspecified atom stereocenters. The van der Waals surface area contributed by atoms with Crippen molar-refractivity contribution in [2.75, 3.05) is 0 Å². The third-order valence-electron chi connectivity index (χ3n) is 12.8. The number of phenolic OH excluding ortho intramolecular Hbond substituents is 1. The van der Waals surface area contributed by atoms with Crippen LogP contribution >= 0.6 is 27.5 Å². The number of halogens is 2. The van der Waals surface area contributed by atoms with Crippen molar-refractivity contribution in [1.29, 1.82) is 0 Å². The summed E-state index contributed by atoms with van der Waals surface area (Å²) >= 11 is 9.50. The van der Waals surface area contributed by atoms with E-state index < -0.39 is 0 Å². The largest absolute Gasteiger partial charge is 0.508 e. The van der Waals surface area contributed by atoms with E-state index in [4.69, 9.17) is 51.3 Å². The normalized spacial score (nSPS) is 10.5. The number of alkyl halides is 2. The average Bonchev–Trinajstić information content (AvgIpc) is 3.54. The number of aliphatic hydroxyl groups is 2. The van der Waals surface area contributed by atoms with E-state index in [0.717, 1.165) is 111 Å². The zero-order chi connectivity index (χ0) is 54.6. The van der Waals surface area contributed by atoms with Gasteiger partial charge in [-0.1, -0.05) is 198 Å². The molecule has 0 aliphatic rings. The van der Waals surface area contributed by atoms with Crippen LogP contribution in [-0.2, 0) is 37.6 Å². The summed E-state index contributed by atoms with van der Waals surface area (Å²) in [7, 11) is 0. The Labute approximate surface area is 482 Å². The molecule has 3 radical (unpaired) electrons. The van der Waals surface area contributed by atoms with Crippen molar-refractivity contribution in [1.82, 2.24) is 15.0 Å². The lowest BCUT2D eigenvalue weighted by Crippen LogP contribution is -1.99. The van der Waals surface area contributed by atoms with Gasteiger partial charge in [-0.15, -0.1) is 11.6 Å². The van der Waals surface area contributed by atoms with Gasteiger partial charge in [0.1, 0.15) is 30.5 Å². The summed E-state index contributed by atoms with van der Waals surface area (Å²) in [6.45, 7) is 1.04. The molecule has 0 amide bonds.